The summed E-state index contributed by atoms with van der Waals surface area (Å²) in [7, 11) is 0. The average Bonchev–Trinajstić information content (AvgIpc) is 2.75. The molecule has 0 atom stereocenters. The molecule has 4 heteroatoms. The first-order chi connectivity index (χ1) is 7.77. The highest BCUT2D eigenvalue weighted by Gasteiger charge is 2.04. The number of nitrogen functional groups attached to an aromatic ring is 1. The molecule has 1 aromatic heterocycles. The van der Waals surface area contributed by atoms with Gasteiger partial charge in [-0.2, -0.15) is 0 Å². The van der Waals surface area contributed by atoms with Gasteiger partial charge in [-0.15, -0.1) is 11.3 Å². The molecular weight excluding hydrogens is 286 g/mol. The van der Waals surface area contributed by atoms with E-state index in [2.05, 4.69) is 22.0 Å². The second kappa shape index (κ2) is 5.48. The minimum absolute atomic E-state index is 0.533. The van der Waals surface area contributed by atoms with Crippen LogP contribution in [0, 0.1) is 0 Å². The Labute approximate surface area is 107 Å². The number of halogens is 1. The van der Waals surface area contributed by atoms with Crippen molar-refractivity contribution >= 4 is 33.0 Å². The van der Waals surface area contributed by atoms with Crippen molar-refractivity contribution in [2.24, 2.45) is 0 Å². The Hall–Kier alpha value is -0.840. The summed E-state index contributed by atoms with van der Waals surface area (Å²) < 4.78 is 6.62. The van der Waals surface area contributed by atoms with Crippen LogP contribution in [0.3, 0.4) is 0 Å². The van der Waals surface area contributed by atoms with Crippen molar-refractivity contribution in [2.75, 3.05) is 5.73 Å². The fraction of sp³-hybridized carbons (Fsp3) is 0.167. The molecule has 0 saturated carbocycles. The molecule has 0 amide bonds. The predicted octanol–water partition coefficient (Wildman–Crippen LogP) is 3.81. The van der Waals surface area contributed by atoms with Crippen LogP contribution in [0.5, 0.6) is 0 Å². The molecule has 0 aliphatic carbocycles. The molecule has 2 aromatic rings. The molecule has 0 spiro atoms. The average molecular weight is 298 g/mol. The van der Waals surface area contributed by atoms with Gasteiger partial charge in [0.15, 0.2) is 0 Å². The van der Waals surface area contributed by atoms with E-state index < -0.39 is 0 Å². The van der Waals surface area contributed by atoms with Crippen LogP contribution in [0.15, 0.2) is 40.2 Å². The third kappa shape index (κ3) is 2.84. The van der Waals surface area contributed by atoms with Gasteiger partial charge in [-0.25, -0.2) is 0 Å². The van der Waals surface area contributed by atoms with E-state index in [-0.39, 0.29) is 0 Å². The maximum Gasteiger partial charge on any atom is 0.0813 e. The lowest BCUT2D eigenvalue weighted by Gasteiger charge is -2.08. The fourth-order valence-electron chi connectivity index (χ4n) is 1.38. The molecule has 0 unspecified atom stereocenters. The van der Waals surface area contributed by atoms with Crippen LogP contribution in [-0.2, 0) is 18.0 Å². The molecule has 0 aliphatic heterocycles. The zero-order valence-electron chi connectivity index (χ0n) is 8.65. The summed E-state index contributed by atoms with van der Waals surface area (Å²) in [5, 5.41) is 2.05. The Balaban J connectivity index is 1.95. The number of benzene rings is 1. The third-order valence-corrected chi connectivity index (χ3v) is 3.82. The van der Waals surface area contributed by atoms with Crippen LogP contribution >= 0.6 is 27.3 Å². The Bertz CT molecular complexity index is 436. The van der Waals surface area contributed by atoms with Crippen molar-refractivity contribution in [1.82, 2.24) is 0 Å². The maximum atomic E-state index is 5.87. The zero-order valence-corrected chi connectivity index (χ0v) is 11.1. The van der Waals surface area contributed by atoms with Gasteiger partial charge in [0.25, 0.3) is 0 Å². The molecule has 0 bridgehead atoms. The van der Waals surface area contributed by atoms with Crippen LogP contribution in [0.1, 0.15) is 10.4 Å². The second-order valence-electron chi connectivity index (χ2n) is 3.38. The van der Waals surface area contributed by atoms with E-state index in [9.17, 15) is 0 Å². The highest BCUT2D eigenvalue weighted by Crippen LogP contribution is 2.23. The molecule has 2 nitrogen and oxygen atoms in total. The van der Waals surface area contributed by atoms with Crippen LogP contribution in [0.25, 0.3) is 0 Å². The number of hydrogen-bond donors (Lipinski definition) is 1. The van der Waals surface area contributed by atoms with Crippen molar-refractivity contribution in [2.45, 2.75) is 13.2 Å². The van der Waals surface area contributed by atoms with Crippen LogP contribution in [0.2, 0.25) is 0 Å². The van der Waals surface area contributed by atoms with Gasteiger partial charge in [0.2, 0.25) is 0 Å². The zero-order chi connectivity index (χ0) is 11.4. The van der Waals surface area contributed by atoms with Crippen LogP contribution < -0.4 is 5.73 Å². The molecule has 0 saturated heterocycles. The van der Waals surface area contributed by atoms with Gasteiger partial charge in [0.05, 0.1) is 13.2 Å². The van der Waals surface area contributed by atoms with E-state index in [0.717, 1.165) is 15.7 Å². The normalized spacial score (nSPS) is 10.6. The van der Waals surface area contributed by atoms with Gasteiger partial charge >= 0.3 is 0 Å². The van der Waals surface area contributed by atoms with Gasteiger partial charge in [0.1, 0.15) is 0 Å². The highest BCUT2D eigenvalue weighted by atomic mass is 79.9. The lowest BCUT2D eigenvalue weighted by atomic mass is 10.2. The summed E-state index contributed by atoms with van der Waals surface area (Å²) in [5.41, 5.74) is 7.65. The number of rotatable bonds is 4. The van der Waals surface area contributed by atoms with E-state index in [1.54, 1.807) is 11.3 Å². The topological polar surface area (TPSA) is 35.2 Å². The molecule has 0 aliphatic rings. The number of anilines is 1. The Kier molecular flexibility index (Phi) is 3.98. The number of ether oxygens (including phenoxy) is 1. The van der Waals surface area contributed by atoms with Crippen LogP contribution in [0.4, 0.5) is 5.69 Å². The molecule has 2 N–H and O–H groups in total. The fourth-order valence-corrected chi connectivity index (χ4v) is 2.51. The van der Waals surface area contributed by atoms with Gasteiger partial charge in [0, 0.05) is 20.6 Å². The monoisotopic (exact) mass is 297 g/mol. The van der Waals surface area contributed by atoms with E-state index in [1.165, 1.54) is 4.88 Å². The summed E-state index contributed by atoms with van der Waals surface area (Å²) >= 11 is 5.17. The second-order valence-corrected chi connectivity index (χ2v) is 5.27. The first kappa shape index (κ1) is 11.6. The summed E-state index contributed by atoms with van der Waals surface area (Å²) in [5.74, 6) is 0. The van der Waals surface area contributed by atoms with E-state index in [0.29, 0.717) is 13.2 Å². The summed E-state index contributed by atoms with van der Waals surface area (Å²) in [6.45, 7) is 1.17. The highest BCUT2D eigenvalue weighted by molar-refractivity contribution is 9.10. The molecule has 2 rings (SSSR count). The van der Waals surface area contributed by atoms with Crippen molar-refractivity contribution < 1.29 is 4.74 Å². The first-order valence-corrected chi connectivity index (χ1v) is 6.57. The van der Waals surface area contributed by atoms with E-state index in [4.69, 9.17) is 10.5 Å². The van der Waals surface area contributed by atoms with Gasteiger partial charge in [-0.3, -0.25) is 0 Å². The predicted molar refractivity (Wildman–Crippen MR) is 71.4 cm³/mol. The quantitative estimate of drug-likeness (QED) is 0.871. The van der Waals surface area contributed by atoms with Gasteiger partial charge in [-0.1, -0.05) is 28.1 Å². The smallest absolute Gasteiger partial charge is 0.0813 e. The molecule has 1 aromatic carbocycles. The van der Waals surface area contributed by atoms with E-state index in [1.807, 2.05) is 29.6 Å². The Morgan fingerprint density at radius 2 is 2.06 bits per heavy atom. The molecule has 1 heterocycles. The van der Waals surface area contributed by atoms with Crippen molar-refractivity contribution in [3.8, 4) is 0 Å². The van der Waals surface area contributed by atoms with E-state index >= 15 is 0 Å². The minimum Gasteiger partial charge on any atom is -0.398 e. The molecule has 16 heavy (non-hydrogen) atoms. The van der Waals surface area contributed by atoms with Crippen molar-refractivity contribution in [1.29, 1.82) is 0 Å². The number of nitrogens with two attached hydrogens (primary N) is 1. The summed E-state index contributed by atoms with van der Waals surface area (Å²) in [6.07, 6.45) is 0. The molecule has 0 radical (unpaired) electrons. The third-order valence-electron chi connectivity index (χ3n) is 2.23. The number of thiophene rings is 1. The summed E-state index contributed by atoms with van der Waals surface area (Å²) in [6, 6.07) is 9.86. The van der Waals surface area contributed by atoms with Crippen molar-refractivity contribution in [3.05, 3.63) is 50.6 Å². The molecule has 84 valence electrons. The lowest BCUT2D eigenvalue weighted by molar-refractivity contribution is 0.109. The largest absolute Gasteiger partial charge is 0.398 e. The van der Waals surface area contributed by atoms with Crippen LogP contribution in [-0.4, -0.2) is 0 Å². The molecular formula is C12H12BrNOS. The SMILES string of the molecule is Nc1cccc(Br)c1COCc1cccs1. The first-order valence-electron chi connectivity index (χ1n) is 4.90. The maximum absolute atomic E-state index is 5.87. The van der Waals surface area contributed by atoms with Gasteiger partial charge < -0.3 is 10.5 Å². The van der Waals surface area contributed by atoms with Gasteiger partial charge in [-0.05, 0) is 23.6 Å². The molecule has 0 fully saturated rings. The Morgan fingerprint density at radius 3 is 2.75 bits per heavy atom. The minimum atomic E-state index is 0.533. The lowest BCUT2D eigenvalue weighted by Crippen LogP contribution is -1.98. The van der Waals surface area contributed by atoms with Crippen molar-refractivity contribution in [3.63, 3.8) is 0 Å². The number of hydrogen-bond acceptors (Lipinski definition) is 3. The Morgan fingerprint density at radius 1 is 1.19 bits per heavy atom. The standard InChI is InChI=1S/C12H12BrNOS/c13-11-4-1-5-12(14)10(11)8-15-7-9-3-2-6-16-9/h1-6H,7-8,14H2. The summed E-state index contributed by atoms with van der Waals surface area (Å²) in [4.78, 5) is 1.23.